The van der Waals surface area contributed by atoms with Crippen molar-refractivity contribution < 1.29 is 23.3 Å². The Balaban J connectivity index is 0.000000255. The Labute approximate surface area is 419 Å². The molecule has 344 valence electrons. The van der Waals surface area contributed by atoms with Gasteiger partial charge in [-0.1, -0.05) is 187 Å². The van der Waals surface area contributed by atoms with E-state index < -0.39 is 0 Å². The van der Waals surface area contributed by atoms with Crippen molar-refractivity contribution in [1.29, 1.82) is 0 Å². The molecule has 0 atom stereocenters. The van der Waals surface area contributed by atoms with Gasteiger partial charge in [-0.25, -0.2) is 0 Å². The zero-order valence-electron chi connectivity index (χ0n) is 39.5. The first kappa shape index (κ1) is 54.4. The quantitative estimate of drug-likeness (QED) is 0.0810. The second-order valence-electron chi connectivity index (χ2n) is 19.4. The van der Waals surface area contributed by atoms with Crippen molar-refractivity contribution >= 4 is 53.2 Å². The first-order chi connectivity index (χ1) is 29.7. The predicted molar refractivity (Wildman–Crippen MR) is 284 cm³/mol. The molecule has 4 fully saturated rings. The molecule has 0 saturated heterocycles. The minimum absolute atomic E-state index is 0. The first-order valence-corrected chi connectivity index (χ1v) is 28.7. The molecule has 0 nitrogen and oxygen atoms in total. The van der Waals surface area contributed by atoms with Gasteiger partial charge in [0.15, 0.2) is 0 Å². The Kier molecular flexibility index (Phi) is 24.0. The van der Waals surface area contributed by atoms with Gasteiger partial charge in [0.05, 0.1) is 0 Å². The van der Waals surface area contributed by atoms with Crippen LogP contribution >= 0.6 is 24.8 Å². The number of hydrogen-bond acceptors (Lipinski definition) is 0. The van der Waals surface area contributed by atoms with Crippen LogP contribution in [0.4, 0.5) is 0 Å². The van der Waals surface area contributed by atoms with Crippen molar-refractivity contribution in [1.82, 2.24) is 0 Å². The van der Waals surface area contributed by atoms with Gasteiger partial charge in [0.25, 0.3) is 0 Å². The van der Waals surface area contributed by atoms with Gasteiger partial charge in [0, 0.05) is 0 Å². The van der Waals surface area contributed by atoms with Crippen molar-refractivity contribution in [3.05, 3.63) is 146 Å². The molecule has 0 N–H and O–H groups in total. The molecule has 0 amide bonds. The van der Waals surface area contributed by atoms with E-state index in [9.17, 15) is 0 Å². The summed E-state index contributed by atoms with van der Waals surface area (Å²) in [5.41, 5.74) is 11.8. The van der Waals surface area contributed by atoms with Gasteiger partial charge in [0.2, 0.25) is 0 Å². The summed E-state index contributed by atoms with van der Waals surface area (Å²) in [5, 5.41) is 5.73. The summed E-state index contributed by atoms with van der Waals surface area (Å²) in [5.74, 6) is 3.37. The average molecular weight is 989 g/mol. The SMILES string of the molecule is Cl.Cl.[CH3-].[CH3-].[Si]=[Zr].c1cc(-c2ccc(C3CCCCC3)cc2)c2cc(CC3CCCCCC3)[cH-]c2c1.c1cc(-c2ccc(C3CCCCC3)cc2)c2cc(CC3CCCCCC3)[cH-]c2c1. The summed E-state index contributed by atoms with van der Waals surface area (Å²) in [6.45, 7) is 3.06. The molecule has 0 spiro atoms. The van der Waals surface area contributed by atoms with E-state index in [4.69, 9.17) is 0 Å². The molecule has 2 radical (unpaired) electrons. The molecule has 4 aliphatic rings. The van der Waals surface area contributed by atoms with E-state index in [1.807, 2.05) is 0 Å². The molecule has 0 heterocycles. The Morgan fingerprint density at radius 3 is 1.06 bits per heavy atom. The Hall–Kier alpha value is -2.22. The van der Waals surface area contributed by atoms with E-state index >= 15 is 0 Å². The molecular weight excluding hydrogens is 911 g/mol. The van der Waals surface area contributed by atoms with Crippen LogP contribution in [-0.4, -0.2) is 6.88 Å². The molecule has 0 unspecified atom stereocenters. The predicted octanol–water partition coefficient (Wildman–Crippen LogP) is 18.9. The van der Waals surface area contributed by atoms with Gasteiger partial charge in [-0.05, 0) is 84.5 Å². The normalized spacial score (nSPS) is 17.7. The Bertz CT molecular complexity index is 2030. The van der Waals surface area contributed by atoms with Crippen LogP contribution in [0.25, 0.3) is 43.8 Å². The van der Waals surface area contributed by atoms with Gasteiger partial charge < -0.3 is 14.9 Å². The molecule has 10 rings (SSSR count). The minimum Gasteiger partial charge on any atom is -0.164 e. The summed E-state index contributed by atoms with van der Waals surface area (Å²) in [6.07, 6.45) is 33.8. The third kappa shape index (κ3) is 14.4. The molecule has 4 saturated carbocycles. The standard InChI is InChI=1S/2C29H35.2CH3.2ClH.Si.Zr/c2*1-2-5-10-22(9-4-1)19-23-20-27-13-8-14-28(29(27)21-23)26-17-15-25(16-18-26)24-11-6-3-7-12-24;;;;;;/h2*8,13-18,20-22,24H,1-7,9-12,19H2;2*1H3;2*1H;;/q4*-1;;;;. The zero-order chi connectivity index (χ0) is 40.9. The summed E-state index contributed by atoms with van der Waals surface area (Å²) >= 11 is 1.36. The largest absolute Gasteiger partial charge is 0.164 e. The fourth-order valence-corrected chi connectivity index (χ4v) is 11.9. The minimum atomic E-state index is 0. The maximum atomic E-state index is 3.06. The summed E-state index contributed by atoms with van der Waals surface area (Å²) < 4.78 is 0. The smallest absolute Gasteiger partial charge is 0.0162 e. The third-order valence-electron chi connectivity index (χ3n) is 15.2. The van der Waals surface area contributed by atoms with Crippen molar-refractivity contribution in [2.45, 2.75) is 166 Å². The van der Waals surface area contributed by atoms with Gasteiger partial charge in [-0.15, -0.1) is 93.9 Å². The molecule has 4 heteroatoms. The van der Waals surface area contributed by atoms with Crippen LogP contribution in [0.2, 0.25) is 0 Å². The summed E-state index contributed by atoms with van der Waals surface area (Å²) in [4.78, 5) is 0. The van der Waals surface area contributed by atoms with Gasteiger partial charge >= 0.3 is 30.2 Å². The van der Waals surface area contributed by atoms with E-state index in [-0.39, 0.29) is 39.7 Å². The van der Waals surface area contributed by atoms with Crippen LogP contribution in [0.1, 0.15) is 175 Å². The molecule has 6 aromatic rings. The third-order valence-corrected chi connectivity index (χ3v) is 15.2. The molecule has 0 aliphatic heterocycles. The number of fused-ring (bicyclic) bond motifs is 2. The molecule has 64 heavy (non-hydrogen) atoms. The van der Waals surface area contributed by atoms with E-state index in [2.05, 4.69) is 116 Å². The van der Waals surface area contributed by atoms with Crippen molar-refractivity contribution in [2.24, 2.45) is 11.8 Å². The van der Waals surface area contributed by atoms with Crippen molar-refractivity contribution in [3.8, 4) is 22.3 Å². The fourth-order valence-electron chi connectivity index (χ4n) is 11.9. The van der Waals surface area contributed by atoms with E-state index in [0.29, 0.717) is 0 Å². The summed E-state index contributed by atoms with van der Waals surface area (Å²) in [6, 6.07) is 42.7. The van der Waals surface area contributed by atoms with Gasteiger partial charge in [-0.2, -0.15) is 12.1 Å². The number of benzene rings is 4. The molecule has 4 aliphatic carbocycles. The molecule has 6 aromatic carbocycles. The Morgan fingerprint density at radius 1 is 0.406 bits per heavy atom. The number of halogens is 2. The van der Waals surface area contributed by atoms with Crippen LogP contribution in [0.15, 0.2) is 109 Å². The van der Waals surface area contributed by atoms with Crippen LogP contribution in [0.3, 0.4) is 0 Å². The van der Waals surface area contributed by atoms with Crippen molar-refractivity contribution in [2.75, 3.05) is 0 Å². The Morgan fingerprint density at radius 2 is 0.719 bits per heavy atom. The number of hydrogen-bond donors (Lipinski definition) is 0. The monoisotopic (exact) mass is 986 g/mol. The van der Waals surface area contributed by atoms with Gasteiger partial charge in [0.1, 0.15) is 0 Å². The van der Waals surface area contributed by atoms with Crippen LogP contribution in [0.5, 0.6) is 0 Å². The van der Waals surface area contributed by atoms with Crippen LogP contribution in [-0.2, 0) is 36.2 Å². The van der Waals surface area contributed by atoms with Gasteiger partial charge in [-0.3, -0.25) is 0 Å². The maximum Gasteiger partial charge on any atom is -0.0162 e. The fraction of sp³-hybridized carbons (Fsp3) is 0.467. The zero-order valence-corrected chi connectivity index (χ0v) is 44.6. The molecular formula is C60H78Cl2SiZr-4. The second kappa shape index (κ2) is 28.2. The van der Waals surface area contributed by atoms with Crippen LogP contribution < -0.4 is 0 Å². The first-order valence-electron chi connectivity index (χ1n) is 24.6. The molecule has 0 aromatic heterocycles. The van der Waals surface area contributed by atoms with E-state index in [1.54, 1.807) is 22.3 Å². The van der Waals surface area contributed by atoms with E-state index in [0.717, 1.165) is 23.7 Å². The average Bonchev–Trinajstić information content (AvgIpc) is 3.70. The van der Waals surface area contributed by atoms with Crippen molar-refractivity contribution in [3.63, 3.8) is 0 Å². The summed E-state index contributed by atoms with van der Waals surface area (Å²) in [7, 11) is 0. The van der Waals surface area contributed by atoms with Crippen LogP contribution in [0, 0.1) is 26.7 Å². The van der Waals surface area contributed by atoms with E-state index in [1.165, 1.54) is 221 Å². The second-order valence-corrected chi connectivity index (χ2v) is 19.4. The molecule has 0 bridgehead atoms. The number of rotatable bonds is 8. The maximum absolute atomic E-state index is 3.06. The topological polar surface area (TPSA) is 0 Å².